The number of carbonyl (C=O) groups excluding carboxylic acids is 4. The number of rotatable bonds is 5. The number of carbonyl (C=O) groups is 4. The van der Waals surface area contributed by atoms with Crippen molar-refractivity contribution < 1.29 is 24.0 Å². The molecule has 2 heterocycles. The minimum atomic E-state index is -0.559. The molecule has 0 atom stereocenters. The molecule has 0 aromatic rings. The van der Waals surface area contributed by atoms with Crippen LogP contribution in [0.5, 0.6) is 0 Å². The molecule has 1 saturated heterocycles. The molecule has 1 fully saturated rings. The van der Waals surface area contributed by atoms with Gasteiger partial charge in [0.2, 0.25) is 0 Å². The predicted molar refractivity (Wildman–Crippen MR) is 71.0 cm³/mol. The third-order valence-electron chi connectivity index (χ3n) is 3.27. The van der Waals surface area contributed by atoms with Crippen LogP contribution in [-0.2, 0) is 24.0 Å². The predicted octanol–water partition coefficient (Wildman–Crippen LogP) is 0.676. The Labute approximate surface area is 121 Å². The Hall–Kier alpha value is -2.44. The van der Waals surface area contributed by atoms with Gasteiger partial charge in [0.05, 0.1) is 5.70 Å². The Kier molecular flexibility index (Phi) is 4.52. The van der Waals surface area contributed by atoms with E-state index in [9.17, 15) is 19.2 Å². The molecule has 0 aromatic heterocycles. The van der Waals surface area contributed by atoms with E-state index in [1.165, 1.54) is 12.2 Å². The zero-order valence-electron chi connectivity index (χ0n) is 11.7. The van der Waals surface area contributed by atoms with Gasteiger partial charge in [-0.15, -0.1) is 5.06 Å². The minimum Gasteiger partial charge on any atom is -0.334 e. The van der Waals surface area contributed by atoms with Crippen molar-refractivity contribution in [2.75, 3.05) is 6.54 Å². The molecule has 0 saturated carbocycles. The largest absolute Gasteiger partial charge is 0.334 e. The molecule has 7 heteroatoms. The lowest BCUT2D eigenvalue weighted by molar-refractivity contribution is -0.187. The summed E-state index contributed by atoms with van der Waals surface area (Å²) in [7, 11) is 0. The van der Waals surface area contributed by atoms with E-state index in [1.54, 1.807) is 13.0 Å². The van der Waals surface area contributed by atoms with Crippen LogP contribution >= 0.6 is 0 Å². The molecule has 0 bridgehead atoms. The third kappa shape index (κ3) is 3.36. The van der Waals surface area contributed by atoms with Crippen molar-refractivity contribution >= 4 is 23.7 Å². The average molecular weight is 292 g/mol. The molecule has 0 radical (unpaired) electrons. The summed E-state index contributed by atoms with van der Waals surface area (Å²) in [4.78, 5) is 51.9. The van der Waals surface area contributed by atoms with E-state index in [0.29, 0.717) is 25.0 Å². The first kappa shape index (κ1) is 15.0. The summed E-state index contributed by atoms with van der Waals surface area (Å²) >= 11 is 0. The highest BCUT2D eigenvalue weighted by Crippen LogP contribution is 2.22. The standard InChI is InChI=1S/C14H16N2O5/c1-2-10-5-6-13(19)16(10)21-14(20)4-3-9-15-11(17)7-8-12(15)18/h2,7-8H,3-6,9H2,1H3/b10-2-. The molecule has 0 unspecified atom stereocenters. The van der Waals surface area contributed by atoms with Crippen LogP contribution in [0.15, 0.2) is 23.9 Å². The van der Waals surface area contributed by atoms with Crippen LogP contribution in [-0.4, -0.2) is 40.2 Å². The maximum absolute atomic E-state index is 11.7. The van der Waals surface area contributed by atoms with Crippen molar-refractivity contribution in [1.29, 1.82) is 0 Å². The first-order valence-corrected chi connectivity index (χ1v) is 6.75. The van der Waals surface area contributed by atoms with Crippen molar-refractivity contribution in [1.82, 2.24) is 9.96 Å². The third-order valence-corrected chi connectivity index (χ3v) is 3.27. The molecule has 3 amide bonds. The topological polar surface area (TPSA) is 84.0 Å². The van der Waals surface area contributed by atoms with Crippen LogP contribution in [0.4, 0.5) is 0 Å². The maximum atomic E-state index is 11.7. The van der Waals surface area contributed by atoms with Gasteiger partial charge in [0.1, 0.15) is 0 Å². The number of amides is 3. The quantitative estimate of drug-likeness (QED) is 0.696. The maximum Gasteiger partial charge on any atom is 0.333 e. The van der Waals surface area contributed by atoms with Crippen LogP contribution in [0.2, 0.25) is 0 Å². The lowest BCUT2D eigenvalue weighted by atomic mass is 10.3. The van der Waals surface area contributed by atoms with Crippen LogP contribution in [0.3, 0.4) is 0 Å². The highest BCUT2D eigenvalue weighted by atomic mass is 16.7. The zero-order valence-corrected chi connectivity index (χ0v) is 11.7. The van der Waals surface area contributed by atoms with E-state index in [4.69, 9.17) is 4.84 Å². The summed E-state index contributed by atoms with van der Waals surface area (Å²) in [6.07, 6.45) is 5.33. The molecular formula is C14H16N2O5. The van der Waals surface area contributed by atoms with E-state index >= 15 is 0 Å². The van der Waals surface area contributed by atoms with Crippen molar-refractivity contribution in [3.63, 3.8) is 0 Å². The van der Waals surface area contributed by atoms with Gasteiger partial charge in [-0.2, -0.15) is 0 Å². The monoisotopic (exact) mass is 292 g/mol. The Morgan fingerprint density at radius 1 is 1.24 bits per heavy atom. The molecule has 2 aliphatic heterocycles. The molecule has 2 aliphatic rings. The second-order valence-electron chi connectivity index (χ2n) is 4.70. The van der Waals surface area contributed by atoms with Gasteiger partial charge in [-0.25, -0.2) is 4.79 Å². The first-order chi connectivity index (χ1) is 10.0. The summed E-state index contributed by atoms with van der Waals surface area (Å²) in [5.74, 6) is -1.55. The number of allylic oxidation sites excluding steroid dienone is 2. The molecule has 0 N–H and O–H groups in total. The minimum absolute atomic E-state index is 0.0256. The molecule has 0 aliphatic carbocycles. The molecule has 112 valence electrons. The fraction of sp³-hybridized carbons (Fsp3) is 0.429. The molecule has 7 nitrogen and oxygen atoms in total. The van der Waals surface area contributed by atoms with Gasteiger partial charge in [0.25, 0.3) is 17.7 Å². The fourth-order valence-corrected chi connectivity index (χ4v) is 2.15. The molecule has 0 aromatic carbocycles. The molecular weight excluding hydrogens is 276 g/mol. The number of hydrogen-bond donors (Lipinski definition) is 0. The zero-order chi connectivity index (χ0) is 15.4. The van der Waals surface area contributed by atoms with E-state index < -0.39 is 5.97 Å². The smallest absolute Gasteiger partial charge is 0.333 e. The van der Waals surface area contributed by atoms with Crippen molar-refractivity contribution in [2.45, 2.75) is 32.6 Å². The van der Waals surface area contributed by atoms with Gasteiger partial charge < -0.3 is 4.84 Å². The van der Waals surface area contributed by atoms with Crippen molar-refractivity contribution in [2.24, 2.45) is 0 Å². The SMILES string of the molecule is C/C=C1/CCC(=O)N1OC(=O)CCCN1C(=O)C=CC1=O. The van der Waals surface area contributed by atoms with E-state index in [-0.39, 0.29) is 30.7 Å². The summed E-state index contributed by atoms with van der Waals surface area (Å²) in [5, 5.41) is 1.02. The van der Waals surface area contributed by atoms with E-state index in [0.717, 1.165) is 9.96 Å². The Balaban J connectivity index is 1.76. The van der Waals surface area contributed by atoms with E-state index in [1.807, 2.05) is 0 Å². The lowest BCUT2D eigenvalue weighted by Gasteiger charge is -2.17. The van der Waals surface area contributed by atoms with Crippen LogP contribution in [0, 0.1) is 0 Å². The van der Waals surface area contributed by atoms with Gasteiger partial charge in [-0.3, -0.25) is 19.3 Å². The molecule has 2 rings (SSSR count). The van der Waals surface area contributed by atoms with Gasteiger partial charge >= 0.3 is 5.97 Å². The molecule has 21 heavy (non-hydrogen) atoms. The van der Waals surface area contributed by atoms with Gasteiger partial charge in [-0.05, 0) is 19.8 Å². The number of nitrogens with zero attached hydrogens (tertiary/aromatic N) is 2. The summed E-state index contributed by atoms with van der Waals surface area (Å²) in [6.45, 7) is 1.93. The first-order valence-electron chi connectivity index (χ1n) is 6.75. The van der Waals surface area contributed by atoms with Gasteiger partial charge in [0, 0.05) is 31.5 Å². The normalized spacial score (nSPS) is 20.0. The highest BCUT2D eigenvalue weighted by Gasteiger charge is 2.29. The van der Waals surface area contributed by atoms with E-state index in [2.05, 4.69) is 0 Å². The van der Waals surface area contributed by atoms with Crippen molar-refractivity contribution in [3.05, 3.63) is 23.9 Å². The van der Waals surface area contributed by atoms with Crippen molar-refractivity contribution in [3.8, 4) is 0 Å². The molecule has 0 spiro atoms. The number of hydroxylamine groups is 2. The Bertz CT molecular complexity index is 532. The second-order valence-corrected chi connectivity index (χ2v) is 4.70. The van der Waals surface area contributed by atoms with Crippen LogP contribution in [0.1, 0.15) is 32.6 Å². The summed E-state index contributed by atoms with van der Waals surface area (Å²) in [6, 6.07) is 0. The van der Waals surface area contributed by atoms with Crippen LogP contribution < -0.4 is 0 Å². The number of hydrogen-bond acceptors (Lipinski definition) is 5. The highest BCUT2D eigenvalue weighted by molar-refractivity contribution is 6.12. The summed E-state index contributed by atoms with van der Waals surface area (Å²) < 4.78 is 0. The van der Waals surface area contributed by atoms with Crippen LogP contribution in [0.25, 0.3) is 0 Å². The Morgan fingerprint density at radius 3 is 2.52 bits per heavy atom. The lowest BCUT2D eigenvalue weighted by Crippen LogP contribution is -2.32. The average Bonchev–Trinajstić information content (AvgIpc) is 2.96. The number of imide groups is 1. The van der Waals surface area contributed by atoms with Gasteiger partial charge in [0.15, 0.2) is 0 Å². The Morgan fingerprint density at radius 2 is 1.90 bits per heavy atom. The summed E-state index contributed by atoms with van der Waals surface area (Å²) in [5.41, 5.74) is 0.669. The second kappa shape index (κ2) is 6.34. The fourth-order valence-electron chi connectivity index (χ4n) is 2.15. The van der Waals surface area contributed by atoms with Gasteiger partial charge in [-0.1, -0.05) is 6.08 Å².